The minimum atomic E-state index is -0.781. The maximum atomic E-state index is 12.3. The SMILES string of the molecule is CC/C=C\C/C=C\C/C=C\C/C=C\C/C=C\C/C=C\CCCCCCCCCCCCCCCCC(=O)OC(CO)COC(=O)CCCCCCCCCCCC/C=C\C/C=C\C/C=C\CCCCCCC. The van der Waals surface area contributed by atoms with Crippen molar-refractivity contribution < 1.29 is 24.2 Å². The van der Waals surface area contributed by atoms with Gasteiger partial charge in [-0.1, -0.05) is 277 Å². The Bertz CT molecular complexity index is 1410. The first kappa shape index (κ1) is 68.6. The molecule has 5 nitrogen and oxygen atoms in total. The van der Waals surface area contributed by atoms with Crippen molar-refractivity contribution in [1.82, 2.24) is 0 Å². The van der Waals surface area contributed by atoms with Gasteiger partial charge in [-0.3, -0.25) is 9.59 Å². The van der Waals surface area contributed by atoms with Gasteiger partial charge in [0.05, 0.1) is 6.61 Å². The van der Waals surface area contributed by atoms with Gasteiger partial charge in [0.15, 0.2) is 6.10 Å². The van der Waals surface area contributed by atoms with Crippen molar-refractivity contribution in [3.8, 4) is 0 Å². The third-order valence-corrected chi connectivity index (χ3v) is 13.1. The lowest BCUT2D eigenvalue weighted by atomic mass is 10.0. The van der Waals surface area contributed by atoms with Crippen molar-refractivity contribution in [1.29, 1.82) is 0 Å². The number of aliphatic hydroxyl groups excluding tert-OH is 1. The molecule has 72 heavy (non-hydrogen) atoms. The van der Waals surface area contributed by atoms with Gasteiger partial charge < -0.3 is 14.6 Å². The van der Waals surface area contributed by atoms with E-state index in [9.17, 15) is 14.7 Å². The Kier molecular flexibility index (Phi) is 58.9. The van der Waals surface area contributed by atoms with Gasteiger partial charge in [-0.2, -0.15) is 0 Å². The summed E-state index contributed by atoms with van der Waals surface area (Å²) in [6.45, 7) is 4.03. The van der Waals surface area contributed by atoms with Gasteiger partial charge in [0.2, 0.25) is 0 Å². The zero-order valence-electron chi connectivity index (χ0n) is 47.2. The summed E-state index contributed by atoms with van der Waals surface area (Å²) >= 11 is 0. The largest absolute Gasteiger partial charge is 0.462 e. The molecule has 412 valence electrons. The van der Waals surface area contributed by atoms with Crippen LogP contribution in [-0.2, 0) is 19.1 Å². The molecule has 1 atom stereocenters. The molecule has 0 radical (unpaired) electrons. The van der Waals surface area contributed by atoms with Crippen LogP contribution in [0.15, 0.2) is 109 Å². The summed E-state index contributed by atoms with van der Waals surface area (Å²) in [7, 11) is 0. The minimum absolute atomic E-state index is 0.0715. The highest BCUT2D eigenvalue weighted by Gasteiger charge is 2.16. The van der Waals surface area contributed by atoms with E-state index in [1.807, 2.05) is 0 Å². The van der Waals surface area contributed by atoms with Gasteiger partial charge in [0.25, 0.3) is 0 Å². The van der Waals surface area contributed by atoms with Gasteiger partial charge >= 0.3 is 11.9 Å². The van der Waals surface area contributed by atoms with Gasteiger partial charge in [-0.15, -0.1) is 0 Å². The van der Waals surface area contributed by atoms with Crippen molar-refractivity contribution in [2.24, 2.45) is 0 Å². The van der Waals surface area contributed by atoms with E-state index in [2.05, 4.69) is 123 Å². The molecule has 0 saturated heterocycles. The predicted molar refractivity (Wildman–Crippen MR) is 315 cm³/mol. The second-order valence-corrected chi connectivity index (χ2v) is 20.0. The van der Waals surface area contributed by atoms with E-state index < -0.39 is 6.10 Å². The van der Waals surface area contributed by atoms with E-state index in [1.54, 1.807) is 0 Å². The quantitative estimate of drug-likeness (QED) is 0.0373. The molecule has 0 fully saturated rings. The van der Waals surface area contributed by atoms with Crippen LogP contribution in [0.2, 0.25) is 0 Å². The predicted octanol–water partition coefficient (Wildman–Crippen LogP) is 20.9. The highest BCUT2D eigenvalue weighted by atomic mass is 16.6. The third kappa shape index (κ3) is 59.1. The van der Waals surface area contributed by atoms with Gasteiger partial charge in [0.1, 0.15) is 6.61 Å². The summed E-state index contributed by atoms with van der Waals surface area (Å²) < 4.78 is 10.7. The minimum Gasteiger partial charge on any atom is -0.462 e. The molecule has 0 amide bonds. The summed E-state index contributed by atoms with van der Waals surface area (Å²) in [6.07, 6.45) is 89.3. The van der Waals surface area contributed by atoms with E-state index >= 15 is 0 Å². The van der Waals surface area contributed by atoms with E-state index in [0.29, 0.717) is 12.8 Å². The average molecular weight is 1000 g/mol. The van der Waals surface area contributed by atoms with E-state index in [1.165, 1.54) is 167 Å². The first-order valence-corrected chi connectivity index (χ1v) is 30.4. The molecule has 0 aromatic carbocycles. The second-order valence-electron chi connectivity index (χ2n) is 20.0. The Morgan fingerprint density at radius 2 is 0.597 bits per heavy atom. The molecule has 0 heterocycles. The molecule has 0 rings (SSSR count). The summed E-state index contributed by atoms with van der Waals surface area (Å²) in [5.41, 5.74) is 0. The monoisotopic (exact) mass is 999 g/mol. The van der Waals surface area contributed by atoms with Crippen LogP contribution in [0.5, 0.6) is 0 Å². The van der Waals surface area contributed by atoms with Crippen LogP contribution >= 0.6 is 0 Å². The normalized spacial score (nSPS) is 13.0. The lowest BCUT2D eigenvalue weighted by Gasteiger charge is -2.15. The zero-order valence-corrected chi connectivity index (χ0v) is 47.2. The first-order valence-electron chi connectivity index (χ1n) is 30.4. The molecule has 0 aliphatic carbocycles. The lowest BCUT2D eigenvalue weighted by molar-refractivity contribution is -0.161. The topological polar surface area (TPSA) is 72.8 Å². The maximum absolute atomic E-state index is 12.3. The molecule has 5 heteroatoms. The molecule has 0 saturated carbocycles. The third-order valence-electron chi connectivity index (χ3n) is 13.1. The number of rotatable bonds is 55. The number of carbonyl (C=O) groups is 2. The van der Waals surface area contributed by atoms with Crippen LogP contribution < -0.4 is 0 Å². The summed E-state index contributed by atoms with van der Waals surface area (Å²) in [5.74, 6) is -0.593. The highest BCUT2D eigenvalue weighted by molar-refractivity contribution is 5.70. The van der Waals surface area contributed by atoms with E-state index in [4.69, 9.17) is 9.47 Å². The molecule has 0 aliphatic heterocycles. The van der Waals surface area contributed by atoms with Crippen LogP contribution in [0.4, 0.5) is 0 Å². The molecule has 0 spiro atoms. The number of allylic oxidation sites excluding steroid dienone is 18. The number of esters is 2. The maximum Gasteiger partial charge on any atom is 0.306 e. The fourth-order valence-electron chi connectivity index (χ4n) is 8.51. The van der Waals surface area contributed by atoms with Gasteiger partial charge in [0, 0.05) is 12.8 Å². The number of ether oxygens (including phenoxy) is 2. The standard InChI is InChI=1S/C67H114O5/c1-3-5-7-9-11-13-15-17-19-21-23-25-27-29-30-31-32-33-34-35-36-38-40-42-44-46-48-50-52-54-56-58-60-62-67(70)72-65(63-68)64-71-66(69)61-59-57-55-53-51-49-47-45-43-41-39-37-28-26-24-22-20-18-16-14-12-10-8-6-4-2/h5,7,11,13,16-19,22-25,28-30,32-33,37,65,68H,3-4,6,8-10,12,14-15,20-21,26-27,31,34-36,38-64H2,1-2H3/b7-5-,13-11-,18-16-,19-17-,24-22-,25-23-,30-29-,33-32-,37-28-. The summed E-state index contributed by atoms with van der Waals surface area (Å²) in [6, 6.07) is 0. The first-order chi connectivity index (χ1) is 35.6. The van der Waals surface area contributed by atoms with Crippen LogP contribution in [0.3, 0.4) is 0 Å². The van der Waals surface area contributed by atoms with Crippen LogP contribution in [0, 0.1) is 0 Å². The van der Waals surface area contributed by atoms with E-state index in [-0.39, 0.29) is 25.2 Å². The van der Waals surface area contributed by atoms with Crippen LogP contribution in [0.1, 0.15) is 284 Å². The van der Waals surface area contributed by atoms with Crippen molar-refractivity contribution in [3.05, 3.63) is 109 Å². The number of hydrogen-bond donors (Lipinski definition) is 1. The van der Waals surface area contributed by atoms with Crippen LogP contribution in [-0.4, -0.2) is 36.4 Å². The average Bonchev–Trinajstić information content (AvgIpc) is 3.38. The Balaban J connectivity index is 3.51. The number of carbonyl (C=O) groups excluding carboxylic acids is 2. The lowest BCUT2D eigenvalue weighted by Crippen LogP contribution is -2.28. The Morgan fingerprint density at radius 1 is 0.333 bits per heavy atom. The number of aliphatic hydroxyl groups is 1. The molecule has 0 bridgehead atoms. The smallest absolute Gasteiger partial charge is 0.306 e. The molecule has 0 aliphatic rings. The van der Waals surface area contributed by atoms with Crippen molar-refractivity contribution in [2.45, 2.75) is 290 Å². The molecular weight excluding hydrogens is 885 g/mol. The molecular formula is C67H114O5. The van der Waals surface area contributed by atoms with Crippen molar-refractivity contribution in [3.63, 3.8) is 0 Å². The molecule has 0 aromatic rings. The second kappa shape index (κ2) is 61.9. The molecule has 0 aromatic heterocycles. The van der Waals surface area contributed by atoms with Gasteiger partial charge in [-0.05, 0) is 103 Å². The van der Waals surface area contributed by atoms with Gasteiger partial charge in [-0.25, -0.2) is 0 Å². The van der Waals surface area contributed by atoms with Crippen molar-refractivity contribution in [2.75, 3.05) is 13.2 Å². The van der Waals surface area contributed by atoms with Crippen molar-refractivity contribution >= 4 is 11.9 Å². The number of unbranched alkanes of at least 4 members (excludes halogenated alkanes) is 29. The Labute approximate surface area is 446 Å². The summed E-state index contributed by atoms with van der Waals surface area (Å²) in [4.78, 5) is 24.6. The zero-order chi connectivity index (χ0) is 52.0. The van der Waals surface area contributed by atoms with Crippen LogP contribution in [0.25, 0.3) is 0 Å². The number of hydrogen-bond acceptors (Lipinski definition) is 5. The Hall–Kier alpha value is -3.44. The molecule has 1 unspecified atom stereocenters. The molecule has 1 N–H and O–H groups in total. The Morgan fingerprint density at radius 3 is 0.903 bits per heavy atom. The fraction of sp³-hybridized carbons (Fsp3) is 0.701. The van der Waals surface area contributed by atoms with E-state index in [0.717, 1.165) is 89.9 Å². The highest BCUT2D eigenvalue weighted by Crippen LogP contribution is 2.16. The summed E-state index contributed by atoms with van der Waals surface area (Å²) in [5, 5.41) is 9.67. The fourth-order valence-corrected chi connectivity index (χ4v) is 8.51.